The predicted molar refractivity (Wildman–Crippen MR) is 143 cm³/mol. The van der Waals surface area contributed by atoms with Gasteiger partial charge in [0.1, 0.15) is 41.4 Å². The van der Waals surface area contributed by atoms with Crippen LogP contribution in [0.1, 0.15) is 24.8 Å². The molecular weight excluding hydrogens is 507 g/mol. The zero-order chi connectivity index (χ0) is 27.5. The fraction of sp³-hybridized carbons (Fsp3) is 0.345. The van der Waals surface area contributed by atoms with E-state index < -0.39 is 23.3 Å². The lowest BCUT2D eigenvalue weighted by atomic mass is 9.95. The lowest BCUT2D eigenvalue weighted by Gasteiger charge is -2.30. The van der Waals surface area contributed by atoms with E-state index in [0.717, 1.165) is 19.4 Å². The van der Waals surface area contributed by atoms with E-state index in [1.807, 2.05) is 0 Å². The Morgan fingerprint density at radius 3 is 2.85 bits per heavy atom. The number of hydrogen-bond donors (Lipinski definition) is 1. The fourth-order valence-electron chi connectivity index (χ4n) is 6.02. The highest BCUT2D eigenvalue weighted by molar-refractivity contribution is 6.03. The van der Waals surface area contributed by atoms with Crippen LogP contribution < -0.4 is 9.64 Å². The van der Waals surface area contributed by atoms with Crippen molar-refractivity contribution in [1.29, 1.82) is 0 Å². The van der Waals surface area contributed by atoms with Crippen LogP contribution in [0.4, 0.5) is 19.0 Å². The van der Waals surface area contributed by atoms with Gasteiger partial charge >= 0.3 is 6.01 Å². The summed E-state index contributed by atoms with van der Waals surface area (Å²) < 4.78 is 51.1. The second kappa shape index (κ2) is 9.27. The average molecular weight is 534 g/mol. The Kier molecular flexibility index (Phi) is 5.99. The Morgan fingerprint density at radius 2 is 2.08 bits per heavy atom. The summed E-state index contributed by atoms with van der Waals surface area (Å²) in [6.07, 6.45) is 8.26. The molecule has 4 heterocycles. The number of anilines is 1. The molecule has 7 nitrogen and oxygen atoms in total. The van der Waals surface area contributed by atoms with E-state index in [1.54, 1.807) is 19.0 Å². The van der Waals surface area contributed by atoms with Crippen LogP contribution in [0, 0.1) is 24.0 Å². The van der Waals surface area contributed by atoms with Crippen molar-refractivity contribution in [3.05, 3.63) is 47.7 Å². The number of halogens is 3. The minimum absolute atomic E-state index is 0.0399. The van der Waals surface area contributed by atoms with E-state index in [1.165, 1.54) is 30.5 Å². The van der Waals surface area contributed by atoms with E-state index in [2.05, 4.69) is 25.8 Å². The van der Waals surface area contributed by atoms with E-state index in [-0.39, 0.29) is 46.1 Å². The van der Waals surface area contributed by atoms with Crippen molar-refractivity contribution in [2.24, 2.45) is 0 Å². The molecule has 0 amide bonds. The van der Waals surface area contributed by atoms with Gasteiger partial charge in [-0.15, -0.1) is 6.42 Å². The number of aromatic hydroxyl groups is 1. The second-order valence-corrected chi connectivity index (χ2v) is 10.4. The summed E-state index contributed by atoms with van der Waals surface area (Å²) in [7, 11) is 3.51. The van der Waals surface area contributed by atoms with Crippen LogP contribution in [-0.2, 0) is 0 Å². The Labute approximate surface area is 223 Å². The van der Waals surface area contributed by atoms with Crippen LogP contribution in [0.5, 0.6) is 11.8 Å². The summed E-state index contributed by atoms with van der Waals surface area (Å²) in [6.45, 7) is 1.38. The van der Waals surface area contributed by atoms with Crippen LogP contribution in [0.25, 0.3) is 32.9 Å². The van der Waals surface area contributed by atoms with E-state index >= 15 is 4.39 Å². The quantitative estimate of drug-likeness (QED) is 0.369. The van der Waals surface area contributed by atoms with Gasteiger partial charge in [0.2, 0.25) is 0 Å². The Morgan fingerprint density at radius 1 is 1.26 bits per heavy atom. The highest BCUT2D eigenvalue weighted by atomic mass is 19.1. The van der Waals surface area contributed by atoms with Crippen molar-refractivity contribution in [2.45, 2.75) is 31.0 Å². The highest BCUT2D eigenvalue weighted by Crippen LogP contribution is 2.41. The van der Waals surface area contributed by atoms with E-state index in [4.69, 9.17) is 11.2 Å². The minimum Gasteiger partial charge on any atom is -0.508 e. The molecule has 2 atom stereocenters. The largest absolute Gasteiger partial charge is 0.508 e. The molecule has 1 N–H and O–H groups in total. The molecule has 200 valence electrons. The third-order valence-corrected chi connectivity index (χ3v) is 7.75. The van der Waals surface area contributed by atoms with Crippen LogP contribution in [0.15, 0.2) is 30.5 Å². The molecule has 6 rings (SSSR count). The van der Waals surface area contributed by atoms with Crippen molar-refractivity contribution < 1.29 is 23.0 Å². The SMILES string of the molecule is C#Cc1c(F)ccc2cc(O)cc(-c3ncc4c(N(C)C)nc(OCC56CCCN5C[C@H](F)C6)nc4c3F)c12. The van der Waals surface area contributed by atoms with Crippen LogP contribution >= 0.6 is 0 Å². The minimum atomic E-state index is -0.912. The maximum absolute atomic E-state index is 16.3. The first-order valence-corrected chi connectivity index (χ1v) is 12.7. The third kappa shape index (κ3) is 4.08. The molecular formula is C29H26F3N5O2. The molecule has 2 saturated heterocycles. The summed E-state index contributed by atoms with van der Waals surface area (Å²) in [5.41, 5.74) is -0.568. The van der Waals surface area contributed by atoms with E-state index in [9.17, 15) is 13.9 Å². The van der Waals surface area contributed by atoms with Gasteiger partial charge in [0.05, 0.1) is 16.5 Å². The number of nitrogens with zero attached hydrogens (tertiary/aromatic N) is 5. The average Bonchev–Trinajstić information content (AvgIpc) is 3.43. The maximum Gasteiger partial charge on any atom is 0.319 e. The zero-order valence-electron chi connectivity index (χ0n) is 21.5. The maximum atomic E-state index is 16.3. The molecule has 0 spiro atoms. The molecule has 2 fully saturated rings. The van der Waals surface area contributed by atoms with Gasteiger partial charge in [-0.3, -0.25) is 9.88 Å². The van der Waals surface area contributed by atoms with Gasteiger partial charge in [-0.25, -0.2) is 13.2 Å². The van der Waals surface area contributed by atoms with Gasteiger partial charge in [0, 0.05) is 44.2 Å². The first-order valence-electron chi connectivity index (χ1n) is 12.7. The number of benzene rings is 2. The van der Waals surface area contributed by atoms with Gasteiger partial charge < -0.3 is 14.7 Å². The number of pyridine rings is 1. The molecule has 4 aromatic rings. The van der Waals surface area contributed by atoms with Crippen molar-refractivity contribution in [3.63, 3.8) is 0 Å². The lowest BCUT2D eigenvalue weighted by molar-refractivity contribution is 0.107. The molecule has 1 unspecified atom stereocenters. The summed E-state index contributed by atoms with van der Waals surface area (Å²) in [5.74, 6) is 1.12. The number of fused-ring (bicyclic) bond motifs is 3. The molecule has 2 aliphatic rings. The number of ether oxygens (including phenoxy) is 1. The summed E-state index contributed by atoms with van der Waals surface area (Å²) in [5, 5.41) is 11.4. The number of rotatable bonds is 5. The van der Waals surface area contributed by atoms with Gasteiger partial charge in [0.15, 0.2) is 5.82 Å². The summed E-state index contributed by atoms with van der Waals surface area (Å²) >= 11 is 0. The van der Waals surface area contributed by atoms with Gasteiger partial charge in [0.25, 0.3) is 0 Å². The molecule has 2 aromatic heterocycles. The Bertz CT molecular complexity index is 1670. The number of phenols is 1. The number of alkyl halides is 1. The number of hydrogen-bond acceptors (Lipinski definition) is 7. The fourth-order valence-corrected chi connectivity index (χ4v) is 6.02. The number of terminal acetylenes is 1. The first-order chi connectivity index (χ1) is 18.7. The predicted octanol–water partition coefficient (Wildman–Crippen LogP) is 4.83. The number of aromatic nitrogens is 3. The monoisotopic (exact) mass is 533 g/mol. The molecule has 0 bridgehead atoms. The van der Waals surface area contributed by atoms with Gasteiger partial charge in [-0.2, -0.15) is 9.97 Å². The van der Waals surface area contributed by atoms with Crippen molar-refractivity contribution >= 4 is 27.5 Å². The van der Waals surface area contributed by atoms with Crippen molar-refractivity contribution in [3.8, 4) is 35.4 Å². The molecule has 0 aliphatic carbocycles. The van der Waals surface area contributed by atoms with Crippen molar-refractivity contribution in [2.75, 3.05) is 38.7 Å². The summed E-state index contributed by atoms with van der Waals surface area (Å²) in [4.78, 5) is 17.0. The second-order valence-electron chi connectivity index (χ2n) is 10.4. The third-order valence-electron chi connectivity index (χ3n) is 7.75. The smallest absolute Gasteiger partial charge is 0.319 e. The van der Waals surface area contributed by atoms with Gasteiger partial charge in [-0.1, -0.05) is 12.0 Å². The molecule has 2 aliphatic heterocycles. The number of phenolic OH excluding ortho intramolecular Hbond substituents is 1. The molecule has 10 heteroatoms. The lowest BCUT2D eigenvalue weighted by Crippen LogP contribution is -2.43. The molecule has 0 radical (unpaired) electrons. The van der Waals surface area contributed by atoms with Gasteiger partial charge in [-0.05, 0) is 43.0 Å². The standard InChI is InChI=1S/C29H26F3N5O2/c1-4-19-22(31)7-6-16-10-18(38)11-20(23(16)19)25-24(32)26-21(13-33-25)27(36(2)3)35-28(34-26)39-15-29-8-5-9-37(29)14-17(30)12-29/h1,6-7,10-11,13,17,38H,5,8-9,12,14-15H2,2-3H3/t17-,29?/m1/s1. The summed E-state index contributed by atoms with van der Waals surface area (Å²) in [6, 6.07) is 5.34. The first kappa shape index (κ1) is 25.2. The van der Waals surface area contributed by atoms with Crippen LogP contribution in [-0.4, -0.2) is 70.5 Å². The van der Waals surface area contributed by atoms with Crippen LogP contribution in [0.2, 0.25) is 0 Å². The Hall–Kier alpha value is -4.10. The molecule has 2 aromatic carbocycles. The highest BCUT2D eigenvalue weighted by Gasteiger charge is 2.49. The van der Waals surface area contributed by atoms with Crippen molar-refractivity contribution in [1.82, 2.24) is 19.9 Å². The molecule has 0 saturated carbocycles. The van der Waals surface area contributed by atoms with E-state index in [0.29, 0.717) is 29.6 Å². The normalized spacial score (nSPS) is 20.9. The topological polar surface area (TPSA) is 74.6 Å². The Balaban J connectivity index is 1.49. The molecule has 39 heavy (non-hydrogen) atoms. The zero-order valence-corrected chi connectivity index (χ0v) is 21.5. The van der Waals surface area contributed by atoms with Crippen LogP contribution in [0.3, 0.4) is 0 Å².